The Bertz CT molecular complexity index is 235. The number of rotatable bonds is 1. The number of hydrogen-bond acceptors (Lipinski definition) is 2. The number of H-pyrrole nitrogens is 1. The third-order valence-electron chi connectivity index (χ3n) is 0.744. The van der Waals surface area contributed by atoms with Gasteiger partial charge in [-0.15, -0.1) is 0 Å². The van der Waals surface area contributed by atoms with Crippen LogP contribution in [0.2, 0.25) is 0 Å². The summed E-state index contributed by atoms with van der Waals surface area (Å²) < 4.78 is 4.87. The molecular weight excluding hydrogens is 122 g/mol. The maximum Gasteiger partial charge on any atom is 0.266 e. The van der Waals surface area contributed by atoms with Crippen LogP contribution in [0.5, 0.6) is 0 Å². The molecule has 1 aromatic rings. The third kappa shape index (κ3) is 0.869. The average molecular weight is 127 g/mol. The highest BCUT2D eigenvalue weighted by Crippen LogP contribution is 1.98. The fourth-order valence-corrected chi connectivity index (χ4v) is 0.552. The molecular formula is C5H5NOS. The van der Waals surface area contributed by atoms with Crippen LogP contribution < -0.4 is 0 Å². The van der Waals surface area contributed by atoms with Crippen LogP contribution in [0.15, 0.2) is 17.2 Å². The first-order valence-electron chi connectivity index (χ1n) is 2.14. The van der Waals surface area contributed by atoms with E-state index in [1.54, 1.807) is 12.3 Å². The molecule has 2 nitrogen and oxygen atoms in total. The lowest BCUT2D eigenvalue weighted by atomic mass is 10.5. The molecule has 3 heteroatoms. The molecule has 0 amide bonds. The first-order chi connectivity index (χ1) is 3.83. The zero-order valence-corrected chi connectivity index (χ0v) is 4.99. The Morgan fingerprint density at radius 1 is 1.88 bits per heavy atom. The first kappa shape index (κ1) is 5.31. The van der Waals surface area contributed by atoms with Crippen molar-refractivity contribution in [3.05, 3.63) is 23.4 Å². The van der Waals surface area contributed by atoms with Crippen molar-refractivity contribution in [2.24, 2.45) is 0 Å². The van der Waals surface area contributed by atoms with Gasteiger partial charge in [-0.05, 0) is 18.3 Å². The molecule has 0 aliphatic rings. The Labute approximate surface area is 51.8 Å². The molecule has 0 aliphatic heterocycles. The second-order valence-corrected chi connectivity index (χ2v) is 1.66. The molecule has 0 radical (unpaired) electrons. The summed E-state index contributed by atoms with van der Waals surface area (Å²) in [6, 6.07) is 0. The van der Waals surface area contributed by atoms with Crippen molar-refractivity contribution in [2.45, 2.75) is 0 Å². The molecule has 0 saturated carbocycles. The van der Waals surface area contributed by atoms with Gasteiger partial charge in [0.1, 0.15) is 5.76 Å². The van der Waals surface area contributed by atoms with Crippen molar-refractivity contribution in [1.82, 2.24) is 4.98 Å². The molecule has 0 bridgehead atoms. The number of nitrogens with one attached hydrogen (secondary N) is 1. The largest absolute Gasteiger partial charge is 0.430 e. The Morgan fingerprint density at radius 3 is 2.88 bits per heavy atom. The lowest BCUT2D eigenvalue weighted by Crippen LogP contribution is -1.52. The van der Waals surface area contributed by atoms with E-state index in [9.17, 15) is 0 Å². The van der Waals surface area contributed by atoms with Crippen molar-refractivity contribution < 1.29 is 4.42 Å². The average Bonchev–Trinajstić information content (AvgIpc) is 2.14. The van der Waals surface area contributed by atoms with Gasteiger partial charge in [0.05, 0.1) is 0 Å². The van der Waals surface area contributed by atoms with Crippen LogP contribution in [0.4, 0.5) is 0 Å². The zero-order valence-electron chi connectivity index (χ0n) is 4.18. The van der Waals surface area contributed by atoms with E-state index in [4.69, 9.17) is 4.42 Å². The van der Waals surface area contributed by atoms with Crippen molar-refractivity contribution in [3.8, 4) is 0 Å². The molecule has 0 atom stereocenters. The van der Waals surface area contributed by atoms with E-state index in [-0.39, 0.29) is 0 Å². The maximum absolute atomic E-state index is 4.87. The summed E-state index contributed by atoms with van der Waals surface area (Å²) in [5.74, 6) is 0.676. The van der Waals surface area contributed by atoms with E-state index < -0.39 is 0 Å². The van der Waals surface area contributed by atoms with Crippen molar-refractivity contribution in [1.29, 1.82) is 0 Å². The second-order valence-electron chi connectivity index (χ2n) is 1.28. The highest BCUT2D eigenvalue weighted by atomic mass is 32.1. The third-order valence-corrected chi connectivity index (χ3v) is 0.945. The number of oxazole rings is 1. The van der Waals surface area contributed by atoms with Crippen molar-refractivity contribution in [3.63, 3.8) is 0 Å². The first-order valence-corrected chi connectivity index (χ1v) is 2.54. The summed E-state index contributed by atoms with van der Waals surface area (Å²) in [5.41, 5.74) is 0. The number of aromatic amines is 1. The SMILES string of the molecule is C=Cc1c[nH]c(=S)o1. The monoisotopic (exact) mass is 127 g/mol. The van der Waals surface area contributed by atoms with E-state index in [2.05, 4.69) is 23.8 Å². The molecule has 1 N–H and O–H groups in total. The number of hydrogen-bond donors (Lipinski definition) is 1. The van der Waals surface area contributed by atoms with Gasteiger partial charge in [0.2, 0.25) is 0 Å². The summed E-state index contributed by atoms with van der Waals surface area (Å²) in [4.78, 5) is 3.09. The van der Waals surface area contributed by atoms with Crippen LogP contribution in [-0.2, 0) is 0 Å². The highest BCUT2D eigenvalue weighted by Gasteiger charge is 1.85. The fourth-order valence-electron chi connectivity index (χ4n) is 0.397. The standard InChI is InChI=1S/C5H5NOS/c1-2-4-3-6-5(8)7-4/h2-3H,1H2,(H,6,8). The number of aromatic nitrogens is 1. The minimum absolute atomic E-state index is 0.389. The Hall–Kier alpha value is -0.830. The van der Waals surface area contributed by atoms with Crippen LogP contribution in [0.25, 0.3) is 6.08 Å². The summed E-state index contributed by atoms with van der Waals surface area (Å²) in [5, 5.41) is 0. The highest BCUT2D eigenvalue weighted by molar-refractivity contribution is 7.71. The molecule has 0 saturated heterocycles. The van der Waals surface area contributed by atoms with Gasteiger partial charge >= 0.3 is 0 Å². The summed E-state index contributed by atoms with van der Waals surface area (Å²) in [7, 11) is 0. The van der Waals surface area contributed by atoms with Gasteiger partial charge in [-0.3, -0.25) is 0 Å². The van der Waals surface area contributed by atoms with E-state index >= 15 is 0 Å². The lowest BCUT2D eigenvalue weighted by Gasteiger charge is -1.71. The molecule has 0 unspecified atom stereocenters. The van der Waals surface area contributed by atoms with Crippen LogP contribution in [0, 0.1) is 4.84 Å². The molecule has 42 valence electrons. The summed E-state index contributed by atoms with van der Waals surface area (Å²) >= 11 is 4.63. The lowest BCUT2D eigenvalue weighted by molar-refractivity contribution is 0.531. The summed E-state index contributed by atoms with van der Waals surface area (Å²) in [6.07, 6.45) is 3.25. The Morgan fingerprint density at radius 2 is 2.62 bits per heavy atom. The van der Waals surface area contributed by atoms with Gasteiger partial charge in [0, 0.05) is 6.20 Å². The fraction of sp³-hybridized carbons (Fsp3) is 0. The van der Waals surface area contributed by atoms with Crippen LogP contribution in [0.1, 0.15) is 5.76 Å². The van der Waals surface area contributed by atoms with E-state index in [0.717, 1.165) is 0 Å². The zero-order chi connectivity index (χ0) is 5.98. The van der Waals surface area contributed by atoms with Crippen molar-refractivity contribution >= 4 is 18.3 Å². The second kappa shape index (κ2) is 1.96. The van der Waals surface area contributed by atoms with Crippen LogP contribution in [0.3, 0.4) is 0 Å². The predicted octanol–water partition coefficient (Wildman–Crippen LogP) is 1.98. The molecule has 0 aromatic carbocycles. The van der Waals surface area contributed by atoms with E-state index in [0.29, 0.717) is 10.6 Å². The molecule has 0 spiro atoms. The maximum atomic E-state index is 4.87. The van der Waals surface area contributed by atoms with Gasteiger partial charge in [-0.1, -0.05) is 6.58 Å². The molecule has 1 aromatic heterocycles. The minimum atomic E-state index is 0.389. The molecule has 1 heterocycles. The smallest absolute Gasteiger partial charge is 0.266 e. The quantitative estimate of drug-likeness (QED) is 0.584. The van der Waals surface area contributed by atoms with Gasteiger partial charge in [0.15, 0.2) is 0 Å². The Balaban J connectivity index is 3.18. The van der Waals surface area contributed by atoms with Crippen LogP contribution >= 0.6 is 12.2 Å². The topological polar surface area (TPSA) is 28.9 Å². The van der Waals surface area contributed by atoms with E-state index in [1.807, 2.05) is 0 Å². The van der Waals surface area contributed by atoms with Crippen LogP contribution in [-0.4, -0.2) is 4.98 Å². The van der Waals surface area contributed by atoms with Crippen molar-refractivity contribution in [2.75, 3.05) is 0 Å². The molecule has 0 fully saturated rings. The molecule has 0 aliphatic carbocycles. The van der Waals surface area contributed by atoms with Gasteiger partial charge in [-0.2, -0.15) is 0 Å². The van der Waals surface area contributed by atoms with E-state index in [1.165, 1.54) is 0 Å². The predicted molar refractivity (Wildman–Crippen MR) is 34.0 cm³/mol. The molecule has 1 rings (SSSR count). The van der Waals surface area contributed by atoms with Gasteiger partial charge in [0.25, 0.3) is 4.84 Å². The minimum Gasteiger partial charge on any atom is -0.430 e. The Kier molecular flexibility index (Phi) is 1.30. The van der Waals surface area contributed by atoms with Gasteiger partial charge in [-0.25, -0.2) is 0 Å². The molecule has 8 heavy (non-hydrogen) atoms. The normalized spacial score (nSPS) is 9.00. The summed E-state index contributed by atoms with van der Waals surface area (Å²) in [6.45, 7) is 3.48. The van der Waals surface area contributed by atoms with Gasteiger partial charge < -0.3 is 9.40 Å².